The van der Waals surface area contributed by atoms with Gasteiger partial charge < -0.3 is 16.0 Å². The van der Waals surface area contributed by atoms with Crippen molar-refractivity contribution in [2.24, 2.45) is 10.9 Å². The van der Waals surface area contributed by atoms with E-state index in [0.29, 0.717) is 6.54 Å². The summed E-state index contributed by atoms with van der Waals surface area (Å²) in [6.45, 7) is 3.44. The molecule has 3 rings (SSSR count). The number of hydrogen-bond acceptors (Lipinski definition) is 2. The van der Waals surface area contributed by atoms with Crippen LogP contribution < -0.4 is 16.0 Å². The van der Waals surface area contributed by atoms with Gasteiger partial charge in [0.05, 0.1) is 0 Å². The van der Waals surface area contributed by atoms with Crippen molar-refractivity contribution in [2.75, 3.05) is 12.4 Å². The molecule has 0 aliphatic heterocycles. The molecule has 0 bridgehead atoms. The normalized spacial score (nSPS) is 14.2. The van der Waals surface area contributed by atoms with Crippen LogP contribution in [-0.2, 0) is 17.9 Å². The van der Waals surface area contributed by atoms with E-state index < -0.39 is 0 Å². The third-order valence-electron chi connectivity index (χ3n) is 5.18. The summed E-state index contributed by atoms with van der Waals surface area (Å²) in [5.74, 6) is 1.07. The van der Waals surface area contributed by atoms with Gasteiger partial charge >= 0.3 is 0 Å². The largest absolute Gasteiger partial charge is 0.352 e. The quantitative estimate of drug-likeness (QED) is 0.305. The van der Waals surface area contributed by atoms with E-state index in [2.05, 4.69) is 52.1 Å². The summed E-state index contributed by atoms with van der Waals surface area (Å²) < 4.78 is 0. The van der Waals surface area contributed by atoms with Gasteiger partial charge in [0.2, 0.25) is 5.91 Å². The number of nitrogens with one attached hydrogen (secondary N) is 3. The van der Waals surface area contributed by atoms with Crippen molar-refractivity contribution in [2.45, 2.75) is 45.7 Å². The zero-order valence-electron chi connectivity index (χ0n) is 17.2. The predicted octanol–water partition coefficient (Wildman–Crippen LogP) is 4.61. The van der Waals surface area contributed by atoms with Gasteiger partial charge in [-0.25, -0.2) is 0 Å². The van der Waals surface area contributed by atoms with E-state index >= 15 is 0 Å². The average molecular weight is 506 g/mol. The van der Waals surface area contributed by atoms with Crippen LogP contribution in [-0.4, -0.2) is 18.9 Å². The van der Waals surface area contributed by atoms with Gasteiger partial charge in [0.15, 0.2) is 5.96 Å². The number of rotatable bonds is 6. The zero-order valence-corrected chi connectivity index (χ0v) is 19.5. The first-order valence-electron chi connectivity index (χ1n) is 10.0. The maximum Gasteiger partial charge on any atom is 0.227 e. The molecule has 29 heavy (non-hydrogen) atoms. The van der Waals surface area contributed by atoms with Crippen LogP contribution in [0.25, 0.3) is 0 Å². The van der Waals surface area contributed by atoms with E-state index in [1.54, 1.807) is 7.05 Å². The first kappa shape index (κ1) is 23.2. The molecule has 6 heteroatoms. The molecule has 0 heterocycles. The van der Waals surface area contributed by atoms with Gasteiger partial charge in [0, 0.05) is 31.7 Å². The number of nitrogens with zero attached hydrogens (tertiary/aromatic N) is 1. The van der Waals surface area contributed by atoms with Crippen LogP contribution in [0.1, 0.15) is 42.4 Å². The summed E-state index contributed by atoms with van der Waals surface area (Å²) >= 11 is 0. The smallest absolute Gasteiger partial charge is 0.227 e. The lowest BCUT2D eigenvalue weighted by atomic mass is 10.1. The van der Waals surface area contributed by atoms with E-state index in [-0.39, 0.29) is 35.8 Å². The minimum absolute atomic E-state index is 0. The molecular weight excluding hydrogens is 475 g/mol. The topological polar surface area (TPSA) is 65.5 Å². The Morgan fingerprint density at radius 2 is 1.66 bits per heavy atom. The Labute approximate surface area is 190 Å². The molecule has 0 aromatic heterocycles. The highest BCUT2D eigenvalue weighted by Crippen LogP contribution is 2.26. The molecule has 3 N–H and O–H groups in total. The van der Waals surface area contributed by atoms with E-state index in [4.69, 9.17) is 0 Å². The summed E-state index contributed by atoms with van der Waals surface area (Å²) in [4.78, 5) is 16.6. The first-order valence-corrected chi connectivity index (χ1v) is 10.0. The van der Waals surface area contributed by atoms with Gasteiger partial charge in [-0.15, -0.1) is 24.0 Å². The number of guanidine groups is 1. The molecule has 0 atom stereocenters. The molecule has 1 amide bonds. The monoisotopic (exact) mass is 506 g/mol. The molecule has 0 saturated heterocycles. The Balaban J connectivity index is 0.00000300. The van der Waals surface area contributed by atoms with E-state index in [9.17, 15) is 4.79 Å². The summed E-state index contributed by atoms with van der Waals surface area (Å²) in [6, 6.07) is 16.4. The highest BCUT2D eigenvalue weighted by atomic mass is 127. The lowest BCUT2D eigenvalue weighted by Gasteiger charge is -2.14. The average Bonchev–Trinajstić information content (AvgIpc) is 3.25. The van der Waals surface area contributed by atoms with Crippen molar-refractivity contribution in [3.63, 3.8) is 0 Å². The summed E-state index contributed by atoms with van der Waals surface area (Å²) in [6.07, 6.45) is 4.35. The van der Waals surface area contributed by atoms with E-state index in [1.807, 2.05) is 24.3 Å². The van der Waals surface area contributed by atoms with Gasteiger partial charge in [0.25, 0.3) is 0 Å². The second kappa shape index (κ2) is 11.8. The molecule has 2 aromatic carbocycles. The molecule has 156 valence electrons. The SMILES string of the molecule is CN=C(NCc1ccc(C)cc1)NCc1cccc(NC(=O)C2CCCC2)c1.I. The molecule has 1 aliphatic carbocycles. The third kappa shape index (κ3) is 7.34. The van der Waals surface area contributed by atoms with Crippen LogP contribution in [0, 0.1) is 12.8 Å². The number of anilines is 1. The molecule has 0 radical (unpaired) electrons. The lowest BCUT2D eigenvalue weighted by Crippen LogP contribution is -2.36. The zero-order chi connectivity index (χ0) is 19.8. The van der Waals surface area contributed by atoms with Gasteiger partial charge in [-0.05, 0) is 43.0 Å². The summed E-state index contributed by atoms with van der Waals surface area (Å²) in [7, 11) is 1.77. The molecule has 5 nitrogen and oxygen atoms in total. The molecular formula is C23H31IN4O. The summed E-state index contributed by atoms with van der Waals surface area (Å²) in [5, 5.41) is 9.72. The fourth-order valence-electron chi connectivity index (χ4n) is 3.49. The number of carbonyl (C=O) groups is 1. The van der Waals surface area contributed by atoms with Crippen molar-refractivity contribution in [3.8, 4) is 0 Å². The Kier molecular flexibility index (Phi) is 9.44. The number of benzene rings is 2. The van der Waals surface area contributed by atoms with E-state index in [1.165, 1.54) is 11.1 Å². The third-order valence-corrected chi connectivity index (χ3v) is 5.18. The highest BCUT2D eigenvalue weighted by Gasteiger charge is 2.22. The number of aryl methyl sites for hydroxylation is 1. The maximum absolute atomic E-state index is 12.3. The van der Waals surface area contributed by atoms with Crippen molar-refractivity contribution in [3.05, 3.63) is 65.2 Å². The van der Waals surface area contributed by atoms with Crippen molar-refractivity contribution >= 4 is 41.5 Å². The predicted molar refractivity (Wildman–Crippen MR) is 131 cm³/mol. The second-order valence-corrected chi connectivity index (χ2v) is 7.44. The van der Waals surface area contributed by atoms with Gasteiger partial charge in [-0.3, -0.25) is 9.79 Å². The second-order valence-electron chi connectivity index (χ2n) is 7.44. The van der Waals surface area contributed by atoms with Crippen LogP contribution >= 0.6 is 24.0 Å². The van der Waals surface area contributed by atoms with Crippen molar-refractivity contribution < 1.29 is 4.79 Å². The number of amides is 1. The standard InChI is InChI=1S/C23H30N4O.HI/c1-17-10-12-18(13-11-17)15-25-23(24-2)26-16-19-6-5-9-21(14-19)27-22(28)20-7-3-4-8-20;/h5-6,9-14,20H,3-4,7-8,15-16H2,1-2H3,(H,27,28)(H2,24,25,26);1H. The van der Waals surface area contributed by atoms with Gasteiger partial charge in [0.1, 0.15) is 0 Å². The minimum Gasteiger partial charge on any atom is -0.352 e. The Bertz CT molecular complexity index is 814. The fourth-order valence-corrected chi connectivity index (χ4v) is 3.49. The van der Waals surface area contributed by atoms with Crippen molar-refractivity contribution in [1.82, 2.24) is 10.6 Å². The van der Waals surface area contributed by atoms with Crippen LogP contribution in [0.2, 0.25) is 0 Å². The Morgan fingerprint density at radius 3 is 2.31 bits per heavy atom. The first-order chi connectivity index (χ1) is 13.6. The van der Waals surface area contributed by atoms with E-state index in [0.717, 1.165) is 49.4 Å². The fraction of sp³-hybridized carbons (Fsp3) is 0.391. The summed E-state index contributed by atoms with van der Waals surface area (Å²) in [5.41, 5.74) is 4.43. The van der Waals surface area contributed by atoms with Crippen molar-refractivity contribution in [1.29, 1.82) is 0 Å². The molecule has 0 unspecified atom stereocenters. The minimum atomic E-state index is 0. The number of hydrogen-bond donors (Lipinski definition) is 3. The molecule has 1 aliphatic rings. The van der Waals surface area contributed by atoms with Crippen LogP contribution in [0.3, 0.4) is 0 Å². The number of aliphatic imine (C=N–C) groups is 1. The lowest BCUT2D eigenvalue weighted by molar-refractivity contribution is -0.119. The number of carbonyl (C=O) groups excluding carboxylic acids is 1. The van der Waals surface area contributed by atoms with Crippen LogP contribution in [0.15, 0.2) is 53.5 Å². The molecule has 0 spiro atoms. The molecule has 1 saturated carbocycles. The molecule has 2 aromatic rings. The Hall–Kier alpha value is -2.09. The maximum atomic E-state index is 12.3. The molecule has 1 fully saturated rings. The number of halogens is 1. The van der Waals surface area contributed by atoms with Crippen LogP contribution in [0.4, 0.5) is 5.69 Å². The Morgan fingerprint density at radius 1 is 1.00 bits per heavy atom. The van der Waals surface area contributed by atoms with Gasteiger partial charge in [-0.1, -0.05) is 54.8 Å². The highest BCUT2D eigenvalue weighted by molar-refractivity contribution is 14.0. The van der Waals surface area contributed by atoms with Gasteiger partial charge in [-0.2, -0.15) is 0 Å². The van der Waals surface area contributed by atoms with Crippen LogP contribution in [0.5, 0.6) is 0 Å².